The zero-order chi connectivity index (χ0) is 33.2. The Morgan fingerprint density at radius 1 is 1.09 bits per heavy atom. The fraction of sp³-hybridized carbons (Fsp3) is 0.393. The van der Waals surface area contributed by atoms with E-state index in [2.05, 4.69) is 5.10 Å². The summed E-state index contributed by atoms with van der Waals surface area (Å²) in [6.07, 6.45) is -4.60. The third-order valence-electron chi connectivity index (χ3n) is 7.02. The summed E-state index contributed by atoms with van der Waals surface area (Å²) < 4.78 is 84.5. The second-order valence-electron chi connectivity index (χ2n) is 10.8. The normalized spacial score (nSPS) is 15.4. The Morgan fingerprint density at radius 2 is 1.78 bits per heavy atom. The molecule has 0 spiro atoms. The summed E-state index contributed by atoms with van der Waals surface area (Å²) in [7, 11) is -4.39. The lowest BCUT2D eigenvalue weighted by molar-refractivity contribution is -0.163. The third-order valence-corrected chi connectivity index (χ3v) is 8.35. The maximum atomic E-state index is 13.5. The zero-order valence-electron chi connectivity index (χ0n) is 24.9. The molecule has 0 bridgehead atoms. The molecule has 1 N–H and O–H groups in total. The molecule has 14 nitrogen and oxygen atoms in total. The van der Waals surface area contributed by atoms with Gasteiger partial charge in [0.05, 0.1) is 33.2 Å². The smallest absolute Gasteiger partial charge is 0.435 e. The predicted molar refractivity (Wildman–Crippen MR) is 154 cm³/mol. The Balaban J connectivity index is 1.20. The van der Waals surface area contributed by atoms with Gasteiger partial charge in [0.15, 0.2) is 5.69 Å². The van der Waals surface area contributed by atoms with Crippen molar-refractivity contribution in [3.8, 4) is 16.9 Å². The number of halogens is 3. The largest absolute Gasteiger partial charge is 0.447 e. The summed E-state index contributed by atoms with van der Waals surface area (Å²) in [5.74, 6) is -0.762. The number of carbonyl (C=O) groups is 2. The van der Waals surface area contributed by atoms with Crippen LogP contribution in [0.4, 0.5) is 18.0 Å². The first-order valence-corrected chi connectivity index (χ1v) is 15.6. The van der Waals surface area contributed by atoms with Gasteiger partial charge in [-0.2, -0.15) is 22.9 Å². The van der Waals surface area contributed by atoms with E-state index in [1.165, 1.54) is 17.1 Å². The standard InChI is InChI=1S/C28H31F3N6O8S/c1-18(2)26(38)43-17-44-37-36(45-37)34-14-4-5-22(34)16-42-27(39)33-46(40,41)23-12-10-21(11-13-23)35-24(15-25(32-35)28(29,30)31)20-8-6-19(3)7-9-20/h6-13,15,18,22H,4-5,14,16-17H2,1-3H3,(H,33,39). The summed E-state index contributed by atoms with van der Waals surface area (Å²) in [6, 6.07) is 12.2. The van der Waals surface area contributed by atoms with Crippen LogP contribution in [0.15, 0.2) is 64.1 Å². The van der Waals surface area contributed by atoms with Crippen molar-refractivity contribution in [1.29, 1.82) is 0 Å². The van der Waals surface area contributed by atoms with Gasteiger partial charge in [0.25, 0.3) is 16.8 Å². The number of benzene rings is 2. The van der Waals surface area contributed by atoms with Gasteiger partial charge < -0.3 is 14.3 Å². The molecule has 3 heterocycles. The highest BCUT2D eigenvalue weighted by atomic mass is 32.2. The molecule has 1 fully saturated rings. The molecule has 2 aromatic carbocycles. The monoisotopic (exact) mass is 668 g/mol. The minimum absolute atomic E-state index is 0.155. The van der Waals surface area contributed by atoms with Gasteiger partial charge in [-0.25, -0.2) is 22.6 Å². The van der Waals surface area contributed by atoms with Crippen molar-refractivity contribution in [3.05, 3.63) is 65.9 Å². The summed E-state index contributed by atoms with van der Waals surface area (Å²) >= 11 is 0. The second kappa shape index (κ2) is 12.9. The van der Waals surface area contributed by atoms with E-state index in [0.29, 0.717) is 18.5 Å². The summed E-state index contributed by atoms with van der Waals surface area (Å²) in [4.78, 5) is 30.1. The van der Waals surface area contributed by atoms with Gasteiger partial charge in [0.2, 0.25) is 0 Å². The van der Waals surface area contributed by atoms with Crippen molar-refractivity contribution in [1.82, 2.24) is 24.5 Å². The minimum Gasteiger partial charge on any atom is -0.447 e. The van der Waals surface area contributed by atoms with Crippen molar-refractivity contribution in [2.45, 2.75) is 50.7 Å². The third kappa shape index (κ3) is 7.49. The van der Waals surface area contributed by atoms with Crippen LogP contribution in [-0.4, -0.2) is 66.2 Å². The summed E-state index contributed by atoms with van der Waals surface area (Å²) in [6.45, 7) is 5.18. The molecule has 1 aliphatic rings. The Kier molecular flexibility index (Phi) is 9.09. The fourth-order valence-corrected chi connectivity index (χ4v) is 5.44. The number of carbonyl (C=O) groups excluding carboxylic acids is 2. The topological polar surface area (TPSA) is 152 Å². The molecule has 0 aliphatic carbocycles. The van der Waals surface area contributed by atoms with Crippen LogP contribution in [-0.2, 0) is 30.5 Å². The van der Waals surface area contributed by atoms with E-state index in [-0.39, 0.29) is 41.6 Å². The fourth-order valence-electron chi connectivity index (χ4n) is 4.55. The van der Waals surface area contributed by atoms with Gasteiger partial charge in [-0.15, -0.1) is 0 Å². The van der Waals surface area contributed by atoms with Crippen molar-refractivity contribution < 1.29 is 50.1 Å². The molecule has 1 atom stereocenters. The van der Waals surface area contributed by atoms with Gasteiger partial charge in [0.1, 0.15) is 11.6 Å². The number of sulfonamides is 1. The molecule has 5 rings (SSSR count). The summed E-state index contributed by atoms with van der Waals surface area (Å²) in [5, 5.41) is 6.39. The quantitative estimate of drug-likeness (QED) is 0.184. The minimum atomic E-state index is -4.70. The van der Waals surface area contributed by atoms with Crippen LogP contribution in [0.3, 0.4) is 0 Å². The zero-order valence-corrected chi connectivity index (χ0v) is 25.7. The van der Waals surface area contributed by atoms with Crippen LogP contribution in [0, 0.1) is 12.8 Å². The number of esters is 1. The van der Waals surface area contributed by atoms with Gasteiger partial charge in [0, 0.05) is 12.1 Å². The SMILES string of the molecule is Cc1ccc(-c2cc(C(F)(F)F)nn2-c2ccc(S(=O)(=O)NC(=O)OCC3CCCN3n3on3OCOC(=O)C(C)C)cc2)cc1. The highest BCUT2D eigenvalue weighted by Crippen LogP contribution is 2.33. The number of aryl methyl sites for hydroxylation is 1. The molecule has 248 valence electrons. The van der Waals surface area contributed by atoms with E-state index < -0.39 is 34.0 Å². The van der Waals surface area contributed by atoms with Crippen LogP contribution in [0.1, 0.15) is 37.9 Å². The molecule has 18 heteroatoms. The highest BCUT2D eigenvalue weighted by molar-refractivity contribution is 7.90. The molecule has 1 amide bonds. The molecule has 1 unspecified atom stereocenters. The number of nitrogens with zero attached hydrogens (tertiary/aromatic N) is 5. The van der Waals surface area contributed by atoms with Crippen LogP contribution in [0.2, 0.25) is 0 Å². The van der Waals surface area contributed by atoms with E-state index >= 15 is 0 Å². The number of alkyl halides is 3. The number of hydrogen-bond acceptors (Lipinski definition) is 10. The van der Waals surface area contributed by atoms with Crippen LogP contribution < -0.4 is 14.6 Å². The van der Waals surface area contributed by atoms with E-state index in [9.17, 15) is 31.2 Å². The van der Waals surface area contributed by atoms with Crippen molar-refractivity contribution >= 4 is 22.1 Å². The second-order valence-corrected chi connectivity index (χ2v) is 12.5. The number of rotatable bonds is 11. The lowest BCUT2D eigenvalue weighted by Gasteiger charge is -2.19. The van der Waals surface area contributed by atoms with E-state index in [1.54, 1.807) is 43.1 Å². The molecule has 0 radical (unpaired) electrons. The molecular weight excluding hydrogens is 637 g/mol. The van der Waals surface area contributed by atoms with E-state index in [0.717, 1.165) is 39.9 Å². The highest BCUT2D eigenvalue weighted by Gasteiger charge is 2.36. The maximum absolute atomic E-state index is 13.5. The first-order chi connectivity index (χ1) is 21.7. The van der Waals surface area contributed by atoms with E-state index in [4.69, 9.17) is 18.9 Å². The molecule has 1 aliphatic heterocycles. The number of hydrogen-bond donors (Lipinski definition) is 1. The number of aromatic nitrogens is 4. The van der Waals surface area contributed by atoms with Crippen LogP contribution in [0.5, 0.6) is 0 Å². The molecule has 2 aromatic heterocycles. The van der Waals surface area contributed by atoms with Crippen LogP contribution >= 0.6 is 0 Å². The Morgan fingerprint density at radius 3 is 2.43 bits per heavy atom. The summed E-state index contributed by atoms with van der Waals surface area (Å²) in [5.41, 5.74) is 0.613. The number of nitrogens with one attached hydrogen (secondary N) is 1. The molecule has 46 heavy (non-hydrogen) atoms. The van der Waals surface area contributed by atoms with Crippen molar-refractivity contribution in [2.75, 3.05) is 25.0 Å². The Bertz CT molecular complexity index is 1770. The lowest BCUT2D eigenvalue weighted by Crippen LogP contribution is -2.42. The lowest BCUT2D eigenvalue weighted by atomic mass is 10.1. The van der Waals surface area contributed by atoms with Crippen molar-refractivity contribution in [2.24, 2.45) is 5.92 Å². The Hall–Kier alpha value is -4.87. The average molecular weight is 669 g/mol. The number of ether oxygens (including phenoxy) is 2. The van der Waals surface area contributed by atoms with Gasteiger partial charge in [-0.3, -0.25) is 9.80 Å². The molecule has 1 saturated heterocycles. The molecule has 0 saturated carbocycles. The van der Waals surface area contributed by atoms with Gasteiger partial charge in [-0.1, -0.05) is 43.7 Å². The Labute approximate surface area is 261 Å². The van der Waals surface area contributed by atoms with Crippen molar-refractivity contribution in [3.63, 3.8) is 0 Å². The predicted octanol–water partition coefficient (Wildman–Crippen LogP) is 3.86. The molecular formula is C28H31F3N6O8S. The first-order valence-electron chi connectivity index (χ1n) is 14.1. The first kappa shape index (κ1) is 32.5. The van der Waals surface area contributed by atoms with E-state index in [1.807, 2.05) is 11.6 Å². The van der Waals surface area contributed by atoms with Gasteiger partial charge >= 0.3 is 18.2 Å². The number of amides is 1. The average Bonchev–Trinajstić information content (AvgIpc) is 3.37. The maximum Gasteiger partial charge on any atom is 0.435 e. The van der Waals surface area contributed by atoms with Gasteiger partial charge in [-0.05, 0) is 50.1 Å². The molecule has 4 aromatic rings. The van der Waals surface area contributed by atoms with Crippen LogP contribution in [0.25, 0.3) is 16.9 Å².